The van der Waals surface area contributed by atoms with E-state index in [1.54, 1.807) is 6.20 Å². The molecule has 0 aliphatic carbocycles. The number of nitrogens with one attached hydrogen (secondary N) is 1. The zero-order valence-electron chi connectivity index (χ0n) is 15.7. The second kappa shape index (κ2) is 7.28. The molecule has 0 bridgehead atoms. The molecule has 2 aromatic heterocycles. The molecule has 4 heterocycles. The van der Waals surface area contributed by atoms with Crippen LogP contribution >= 0.6 is 11.6 Å². The Labute approximate surface area is 168 Å². The molecule has 2 aliphatic heterocycles. The van der Waals surface area contributed by atoms with E-state index in [0.717, 1.165) is 53.8 Å². The number of aryl methyl sites for hydroxylation is 1. The van der Waals surface area contributed by atoms with E-state index in [9.17, 15) is 0 Å². The van der Waals surface area contributed by atoms with Gasteiger partial charge in [-0.3, -0.25) is 4.90 Å². The highest BCUT2D eigenvalue weighted by Gasteiger charge is 2.38. The van der Waals surface area contributed by atoms with Gasteiger partial charge in [0.25, 0.3) is 0 Å². The zero-order valence-corrected chi connectivity index (χ0v) is 16.4. The molecule has 1 aromatic carbocycles. The molecule has 2 saturated heterocycles. The zero-order chi connectivity index (χ0) is 19.1. The van der Waals surface area contributed by atoms with E-state index in [4.69, 9.17) is 16.3 Å². The van der Waals surface area contributed by atoms with Crippen molar-refractivity contribution in [2.75, 3.05) is 25.0 Å². The Hall–Kier alpha value is -2.28. The Morgan fingerprint density at radius 1 is 1.14 bits per heavy atom. The average Bonchev–Trinajstić information content (AvgIpc) is 3.10. The fourth-order valence-corrected chi connectivity index (χ4v) is 4.36. The quantitative estimate of drug-likeness (QED) is 0.730. The first-order valence-electron chi connectivity index (χ1n) is 9.63. The Morgan fingerprint density at radius 3 is 2.86 bits per heavy atom. The van der Waals surface area contributed by atoms with Gasteiger partial charge in [0, 0.05) is 36.4 Å². The summed E-state index contributed by atoms with van der Waals surface area (Å²) in [5.41, 5.74) is 1.92. The second-order valence-corrected chi connectivity index (χ2v) is 7.99. The van der Waals surface area contributed by atoms with E-state index in [-0.39, 0.29) is 6.10 Å². The third-order valence-corrected chi connectivity index (χ3v) is 5.84. The van der Waals surface area contributed by atoms with Gasteiger partial charge in [0.1, 0.15) is 11.6 Å². The summed E-state index contributed by atoms with van der Waals surface area (Å²) >= 11 is 6.01. The van der Waals surface area contributed by atoms with E-state index >= 15 is 0 Å². The summed E-state index contributed by atoms with van der Waals surface area (Å²) in [6.45, 7) is 4.52. The average molecular weight is 396 g/mol. The van der Waals surface area contributed by atoms with E-state index < -0.39 is 0 Å². The minimum atomic E-state index is 0.0959. The number of pyridine rings is 1. The molecule has 0 saturated carbocycles. The number of anilines is 1. The molecule has 28 heavy (non-hydrogen) atoms. The van der Waals surface area contributed by atoms with Gasteiger partial charge in [-0.15, -0.1) is 0 Å². The van der Waals surface area contributed by atoms with Gasteiger partial charge in [-0.25, -0.2) is 15.0 Å². The predicted molar refractivity (Wildman–Crippen MR) is 110 cm³/mol. The van der Waals surface area contributed by atoms with Crippen molar-refractivity contribution in [2.45, 2.75) is 31.5 Å². The second-order valence-electron chi connectivity index (χ2n) is 7.55. The molecule has 0 radical (unpaired) electrons. The number of aromatic nitrogens is 3. The normalized spacial score (nSPS) is 25.0. The third kappa shape index (κ3) is 3.43. The Morgan fingerprint density at radius 2 is 2.00 bits per heavy atom. The van der Waals surface area contributed by atoms with Crippen LogP contribution in [0, 0.1) is 6.92 Å². The summed E-state index contributed by atoms with van der Waals surface area (Å²) < 4.78 is 6.16. The van der Waals surface area contributed by atoms with Crippen LogP contribution in [0.3, 0.4) is 0 Å². The first-order chi connectivity index (χ1) is 13.7. The number of benzene rings is 1. The smallest absolute Gasteiger partial charge is 0.164 e. The lowest BCUT2D eigenvalue weighted by molar-refractivity contribution is -0.0501. The van der Waals surface area contributed by atoms with Crippen LogP contribution in [0.5, 0.6) is 0 Å². The predicted octanol–water partition coefficient (Wildman–Crippen LogP) is 3.61. The molecule has 1 N–H and O–H groups in total. The van der Waals surface area contributed by atoms with Crippen molar-refractivity contribution in [1.29, 1.82) is 0 Å². The first kappa shape index (κ1) is 17.8. The van der Waals surface area contributed by atoms with Gasteiger partial charge in [-0.05, 0) is 43.2 Å². The number of ether oxygens (including phenoxy) is 1. The highest BCUT2D eigenvalue weighted by atomic mass is 35.5. The summed E-state index contributed by atoms with van der Waals surface area (Å²) in [6, 6.07) is 12.7. The Bertz CT molecular complexity index is 996. The lowest BCUT2D eigenvalue weighted by atomic mass is 10.1. The number of hydrogen-bond donors (Lipinski definition) is 1. The summed E-state index contributed by atoms with van der Waals surface area (Å²) in [6.07, 6.45) is 2.90. The molecule has 0 spiro atoms. The molecule has 3 aromatic rings. The fourth-order valence-electron chi connectivity index (χ4n) is 4.23. The van der Waals surface area contributed by atoms with Crippen LogP contribution in [0.2, 0.25) is 5.02 Å². The monoisotopic (exact) mass is 395 g/mol. The summed E-state index contributed by atoms with van der Waals surface area (Å²) in [4.78, 5) is 16.0. The van der Waals surface area contributed by atoms with Crippen LogP contribution < -0.4 is 5.32 Å². The van der Waals surface area contributed by atoms with Crippen LogP contribution in [0.4, 0.5) is 5.82 Å². The highest BCUT2D eigenvalue weighted by molar-refractivity contribution is 6.30. The molecular weight excluding hydrogens is 374 g/mol. The van der Waals surface area contributed by atoms with Crippen LogP contribution in [0.15, 0.2) is 42.6 Å². The molecular formula is C21H22ClN5O. The molecule has 144 valence electrons. The molecule has 0 amide bonds. The molecule has 2 aliphatic rings. The van der Waals surface area contributed by atoms with Crippen LogP contribution in [-0.2, 0) is 4.74 Å². The van der Waals surface area contributed by atoms with E-state index in [1.165, 1.54) is 5.56 Å². The number of morpholine rings is 1. The van der Waals surface area contributed by atoms with Crippen LogP contribution in [0.1, 0.15) is 23.9 Å². The lowest BCUT2D eigenvalue weighted by Gasteiger charge is -2.35. The summed E-state index contributed by atoms with van der Waals surface area (Å²) in [5.74, 6) is 1.60. The van der Waals surface area contributed by atoms with Crippen molar-refractivity contribution in [3.05, 3.63) is 59.0 Å². The maximum atomic E-state index is 6.16. The SMILES string of the molecule is Cc1nc(N[C@H]2C[C@H]3CO[C@@H](c4ccc(Cl)cc4)CN3C2)c2cccnc2n1. The number of rotatable bonds is 3. The van der Waals surface area contributed by atoms with Crippen molar-refractivity contribution in [3.63, 3.8) is 0 Å². The number of hydrogen-bond acceptors (Lipinski definition) is 6. The largest absolute Gasteiger partial charge is 0.371 e. The van der Waals surface area contributed by atoms with E-state index in [2.05, 4.69) is 37.3 Å². The van der Waals surface area contributed by atoms with Gasteiger partial charge in [0.15, 0.2) is 5.65 Å². The van der Waals surface area contributed by atoms with Crippen molar-refractivity contribution in [2.24, 2.45) is 0 Å². The highest BCUT2D eigenvalue weighted by Crippen LogP contribution is 2.32. The minimum Gasteiger partial charge on any atom is -0.371 e. The fraction of sp³-hybridized carbons (Fsp3) is 0.381. The lowest BCUT2D eigenvalue weighted by Crippen LogP contribution is -2.42. The van der Waals surface area contributed by atoms with Gasteiger partial charge in [-0.2, -0.15) is 0 Å². The number of fused-ring (bicyclic) bond motifs is 2. The van der Waals surface area contributed by atoms with Gasteiger partial charge >= 0.3 is 0 Å². The van der Waals surface area contributed by atoms with Crippen molar-refractivity contribution in [3.8, 4) is 0 Å². The third-order valence-electron chi connectivity index (χ3n) is 5.58. The van der Waals surface area contributed by atoms with Crippen molar-refractivity contribution >= 4 is 28.5 Å². The molecule has 2 fully saturated rings. The molecule has 5 rings (SSSR count). The van der Waals surface area contributed by atoms with Crippen molar-refractivity contribution < 1.29 is 4.74 Å². The van der Waals surface area contributed by atoms with Crippen LogP contribution in [0.25, 0.3) is 11.0 Å². The van der Waals surface area contributed by atoms with Gasteiger partial charge < -0.3 is 10.1 Å². The van der Waals surface area contributed by atoms with E-state index in [1.807, 2.05) is 31.2 Å². The van der Waals surface area contributed by atoms with Gasteiger partial charge in [0.05, 0.1) is 18.1 Å². The van der Waals surface area contributed by atoms with Crippen molar-refractivity contribution in [1.82, 2.24) is 19.9 Å². The van der Waals surface area contributed by atoms with E-state index in [0.29, 0.717) is 12.1 Å². The number of nitrogens with zero attached hydrogens (tertiary/aromatic N) is 4. The topological polar surface area (TPSA) is 63.2 Å². The maximum Gasteiger partial charge on any atom is 0.164 e. The van der Waals surface area contributed by atoms with Crippen LogP contribution in [-0.4, -0.2) is 51.6 Å². The summed E-state index contributed by atoms with van der Waals surface area (Å²) in [5, 5.41) is 5.36. The molecule has 7 heteroatoms. The van der Waals surface area contributed by atoms with Gasteiger partial charge in [-0.1, -0.05) is 23.7 Å². The summed E-state index contributed by atoms with van der Waals surface area (Å²) in [7, 11) is 0. The standard InChI is InChI=1S/C21H22ClN5O/c1-13-24-20-18(3-2-8-23-20)21(25-13)26-16-9-17-12-28-19(11-27(17)10-16)14-4-6-15(22)7-5-14/h2-8,16-17,19H,9-12H2,1H3,(H,23,24,25,26)/t16-,17-,19+/m0/s1. The Kier molecular flexibility index (Phi) is 4.62. The minimum absolute atomic E-state index is 0.0959. The molecule has 0 unspecified atom stereocenters. The maximum absolute atomic E-state index is 6.16. The first-order valence-corrected chi connectivity index (χ1v) is 10.0. The molecule has 3 atom stereocenters. The Balaban J connectivity index is 1.31. The van der Waals surface area contributed by atoms with Gasteiger partial charge in [0.2, 0.25) is 0 Å². The molecule has 6 nitrogen and oxygen atoms in total. The number of halogens is 1.